The highest BCUT2D eigenvalue weighted by Gasteiger charge is 2.33. The van der Waals surface area contributed by atoms with Crippen molar-refractivity contribution < 1.29 is 13.2 Å². The monoisotopic (exact) mass is 288 g/mol. The molecule has 0 aromatic heterocycles. The van der Waals surface area contributed by atoms with Crippen LogP contribution in [0.2, 0.25) is 0 Å². The minimum absolute atomic E-state index is 0.151. The first-order valence-corrected chi connectivity index (χ1v) is 6.98. The van der Waals surface area contributed by atoms with Crippen molar-refractivity contribution in [2.24, 2.45) is 0 Å². The summed E-state index contributed by atoms with van der Waals surface area (Å²) in [4.78, 5) is 1.91. The molecule has 0 aliphatic heterocycles. The molecule has 0 aliphatic rings. The summed E-state index contributed by atoms with van der Waals surface area (Å²) in [6, 6.07) is 4.74. The molecule has 2 nitrogen and oxygen atoms in total. The van der Waals surface area contributed by atoms with Gasteiger partial charge in [0.1, 0.15) is 0 Å². The van der Waals surface area contributed by atoms with Crippen LogP contribution in [0.4, 0.5) is 18.9 Å². The second kappa shape index (κ2) is 6.97. The van der Waals surface area contributed by atoms with Gasteiger partial charge in [-0.05, 0) is 31.5 Å². The highest BCUT2D eigenvalue weighted by Crippen LogP contribution is 2.34. The molecule has 0 spiro atoms. The average Bonchev–Trinajstić information content (AvgIpc) is 2.37. The van der Waals surface area contributed by atoms with E-state index in [4.69, 9.17) is 0 Å². The molecule has 5 heteroatoms. The molecule has 0 aliphatic carbocycles. The molecule has 0 atom stereocenters. The predicted molar refractivity (Wildman–Crippen MR) is 77.0 cm³/mol. The van der Waals surface area contributed by atoms with Crippen LogP contribution in [0.25, 0.3) is 0 Å². The summed E-state index contributed by atoms with van der Waals surface area (Å²) in [5.41, 5.74) is 0.368. The number of benzene rings is 1. The van der Waals surface area contributed by atoms with Gasteiger partial charge in [0.15, 0.2) is 0 Å². The van der Waals surface area contributed by atoms with Crippen molar-refractivity contribution in [1.29, 1.82) is 0 Å². The largest absolute Gasteiger partial charge is 0.416 e. The smallest absolute Gasteiger partial charge is 0.372 e. The third-order valence-corrected chi connectivity index (χ3v) is 3.23. The van der Waals surface area contributed by atoms with Crippen LogP contribution in [0.1, 0.15) is 38.8 Å². The molecule has 114 valence electrons. The number of halogens is 3. The van der Waals surface area contributed by atoms with Crippen LogP contribution in [0.3, 0.4) is 0 Å². The van der Waals surface area contributed by atoms with Crippen molar-refractivity contribution in [3.63, 3.8) is 0 Å². The van der Waals surface area contributed by atoms with Crippen molar-refractivity contribution in [2.75, 3.05) is 18.0 Å². The van der Waals surface area contributed by atoms with Crippen molar-refractivity contribution in [1.82, 2.24) is 5.32 Å². The van der Waals surface area contributed by atoms with Gasteiger partial charge < -0.3 is 10.2 Å². The summed E-state index contributed by atoms with van der Waals surface area (Å²) in [7, 11) is 0. The summed E-state index contributed by atoms with van der Waals surface area (Å²) in [5.74, 6) is 0. The minimum Gasteiger partial charge on any atom is -0.372 e. The molecule has 1 N–H and O–H groups in total. The Morgan fingerprint density at radius 2 is 1.75 bits per heavy atom. The molecule has 0 heterocycles. The molecule has 0 amide bonds. The fourth-order valence-electron chi connectivity index (χ4n) is 2.08. The number of nitrogens with one attached hydrogen (secondary N) is 1. The van der Waals surface area contributed by atoms with E-state index in [0.29, 0.717) is 24.3 Å². The Labute approximate surface area is 119 Å². The lowest BCUT2D eigenvalue weighted by atomic mass is 10.0. The number of rotatable bonds is 6. The van der Waals surface area contributed by atoms with Crippen LogP contribution in [0.5, 0.6) is 0 Å². The maximum atomic E-state index is 13.2. The molecule has 0 unspecified atom stereocenters. The molecule has 0 saturated heterocycles. The van der Waals surface area contributed by atoms with E-state index in [2.05, 4.69) is 5.32 Å². The van der Waals surface area contributed by atoms with Gasteiger partial charge in [-0.25, -0.2) is 0 Å². The highest BCUT2D eigenvalue weighted by atomic mass is 19.4. The SMILES string of the molecule is CCN(CC)c1ccc(CNC(C)C)c(C(F)(F)F)c1. The average molecular weight is 288 g/mol. The Hall–Kier alpha value is -1.23. The van der Waals surface area contributed by atoms with Gasteiger partial charge in [-0.15, -0.1) is 0 Å². The molecule has 1 rings (SSSR count). The maximum absolute atomic E-state index is 13.2. The molecule has 0 bridgehead atoms. The van der Waals surface area contributed by atoms with E-state index in [1.54, 1.807) is 12.1 Å². The Kier molecular flexibility index (Phi) is 5.87. The number of alkyl halides is 3. The van der Waals surface area contributed by atoms with Crippen LogP contribution in [0, 0.1) is 0 Å². The van der Waals surface area contributed by atoms with Crippen molar-refractivity contribution >= 4 is 5.69 Å². The van der Waals surface area contributed by atoms with Crippen LogP contribution in [0.15, 0.2) is 18.2 Å². The van der Waals surface area contributed by atoms with Gasteiger partial charge in [-0.1, -0.05) is 19.9 Å². The standard InChI is InChI=1S/C15H23F3N2/c1-5-20(6-2)13-8-7-12(10-19-11(3)4)14(9-13)15(16,17)18/h7-9,11,19H,5-6,10H2,1-4H3. The zero-order valence-corrected chi connectivity index (χ0v) is 12.5. The molecular weight excluding hydrogens is 265 g/mol. The van der Waals surface area contributed by atoms with E-state index in [9.17, 15) is 13.2 Å². The quantitative estimate of drug-likeness (QED) is 0.849. The van der Waals surface area contributed by atoms with Gasteiger partial charge in [0.25, 0.3) is 0 Å². The van der Waals surface area contributed by atoms with Gasteiger partial charge in [0, 0.05) is 31.4 Å². The van der Waals surface area contributed by atoms with E-state index in [1.165, 1.54) is 6.07 Å². The number of hydrogen-bond donors (Lipinski definition) is 1. The van der Waals surface area contributed by atoms with E-state index in [0.717, 1.165) is 0 Å². The zero-order chi connectivity index (χ0) is 15.3. The van der Waals surface area contributed by atoms with E-state index < -0.39 is 11.7 Å². The normalized spacial score (nSPS) is 12.0. The summed E-state index contributed by atoms with van der Waals surface area (Å²) in [6.07, 6.45) is -4.32. The summed E-state index contributed by atoms with van der Waals surface area (Å²) in [5, 5.41) is 3.04. The lowest BCUT2D eigenvalue weighted by Crippen LogP contribution is -2.25. The van der Waals surface area contributed by atoms with Crippen molar-refractivity contribution in [2.45, 2.75) is 46.5 Å². The number of nitrogens with zero attached hydrogens (tertiary/aromatic N) is 1. The molecule has 1 aromatic rings. The molecule has 1 aromatic carbocycles. The second-order valence-corrected chi connectivity index (χ2v) is 5.05. The number of anilines is 1. The van der Waals surface area contributed by atoms with E-state index in [1.807, 2.05) is 32.6 Å². The van der Waals surface area contributed by atoms with Gasteiger partial charge >= 0.3 is 6.18 Å². The van der Waals surface area contributed by atoms with Crippen molar-refractivity contribution in [3.8, 4) is 0 Å². The lowest BCUT2D eigenvalue weighted by Gasteiger charge is -2.23. The Morgan fingerprint density at radius 3 is 2.20 bits per heavy atom. The highest BCUT2D eigenvalue weighted by molar-refractivity contribution is 5.51. The first-order valence-electron chi connectivity index (χ1n) is 6.98. The second-order valence-electron chi connectivity index (χ2n) is 5.05. The Balaban J connectivity index is 3.13. The molecule has 0 fully saturated rings. The van der Waals surface area contributed by atoms with Crippen LogP contribution in [-0.2, 0) is 12.7 Å². The Bertz CT molecular complexity index is 424. The topological polar surface area (TPSA) is 15.3 Å². The molecular formula is C15H23F3N2. The van der Waals surface area contributed by atoms with Gasteiger partial charge in [-0.3, -0.25) is 0 Å². The van der Waals surface area contributed by atoms with E-state index >= 15 is 0 Å². The lowest BCUT2D eigenvalue weighted by molar-refractivity contribution is -0.138. The fourth-order valence-corrected chi connectivity index (χ4v) is 2.08. The minimum atomic E-state index is -4.32. The predicted octanol–water partition coefficient (Wildman–Crippen LogP) is 4.05. The molecule has 0 radical (unpaired) electrons. The molecule has 0 saturated carbocycles. The van der Waals surface area contributed by atoms with Gasteiger partial charge in [-0.2, -0.15) is 13.2 Å². The van der Waals surface area contributed by atoms with Crippen LogP contribution in [-0.4, -0.2) is 19.1 Å². The first kappa shape index (κ1) is 16.8. The van der Waals surface area contributed by atoms with Gasteiger partial charge in [0.2, 0.25) is 0 Å². The zero-order valence-electron chi connectivity index (χ0n) is 12.5. The Morgan fingerprint density at radius 1 is 1.15 bits per heavy atom. The molecule has 20 heavy (non-hydrogen) atoms. The maximum Gasteiger partial charge on any atom is 0.416 e. The van der Waals surface area contributed by atoms with Crippen LogP contribution < -0.4 is 10.2 Å². The third-order valence-electron chi connectivity index (χ3n) is 3.23. The summed E-state index contributed by atoms with van der Waals surface area (Å²) >= 11 is 0. The summed E-state index contributed by atoms with van der Waals surface area (Å²) < 4.78 is 39.5. The third kappa shape index (κ3) is 4.40. The van der Waals surface area contributed by atoms with Crippen molar-refractivity contribution in [3.05, 3.63) is 29.3 Å². The first-order chi connectivity index (χ1) is 9.29. The van der Waals surface area contributed by atoms with Gasteiger partial charge in [0.05, 0.1) is 5.56 Å². The summed E-state index contributed by atoms with van der Waals surface area (Å²) in [6.45, 7) is 9.31. The van der Waals surface area contributed by atoms with Crippen LogP contribution >= 0.6 is 0 Å². The number of hydrogen-bond acceptors (Lipinski definition) is 2. The van der Waals surface area contributed by atoms with E-state index in [-0.39, 0.29) is 12.6 Å². The fraction of sp³-hybridized carbons (Fsp3) is 0.600.